The Bertz CT molecular complexity index is 1060. The lowest BCUT2D eigenvalue weighted by molar-refractivity contribution is -0.242. The lowest BCUT2D eigenvalue weighted by Crippen LogP contribution is -2.60. The van der Waals surface area contributed by atoms with Gasteiger partial charge >= 0.3 is 5.97 Å². The molecule has 1 N–H and O–H groups in total. The Hall–Kier alpha value is -1.43. The molecule has 1 aliphatic heterocycles. The Morgan fingerprint density at radius 3 is 2.37 bits per heavy atom. The maximum Gasteiger partial charge on any atom is 0.338 e. The molecular weight excluding hydrogens is 512 g/mol. The molecule has 5 fully saturated rings. The lowest BCUT2D eigenvalue weighted by atomic mass is 9.43. The average Bonchev–Trinajstić information content (AvgIpc) is 3.56. The van der Waals surface area contributed by atoms with Crippen molar-refractivity contribution in [3.63, 3.8) is 0 Å². The smallest absolute Gasteiger partial charge is 0.338 e. The second-order valence-corrected chi connectivity index (χ2v) is 15.4. The molecule has 0 bridgehead atoms. The minimum absolute atomic E-state index is 0.0659. The standard InChI is InChI=1S/C36H54O5/c1-23(2)30(37)14-11-24(3)27-12-13-28-32-29(15-16-35(27,28)5)34(4)17-18-36(39-19-20-40-36)22-26(34)21-31(32)41-33(38)25-9-7-6-8-10-25/h6-10,23-24,26-32,37H,11-22H2,1-5H3/t24?,26-,27?,28?,29?,30?,31+,32?,34?,35?/m0/s1. The third kappa shape index (κ3) is 5.20. The molecule has 1 spiro atoms. The van der Waals surface area contributed by atoms with E-state index in [9.17, 15) is 9.90 Å². The van der Waals surface area contributed by atoms with Crippen LogP contribution in [0, 0.1) is 52.3 Å². The van der Waals surface area contributed by atoms with Gasteiger partial charge in [-0.25, -0.2) is 4.79 Å². The topological polar surface area (TPSA) is 65.0 Å². The van der Waals surface area contributed by atoms with E-state index in [1.807, 2.05) is 30.3 Å². The summed E-state index contributed by atoms with van der Waals surface area (Å²) in [4.78, 5) is 13.5. The number of esters is 1. The predicted octanol–water partition coefficient (Wildman–Crippen LogP) is 7.66. The quantitative estimate of drug-likeness (QED) is 0.343. The minimum Gasteiger partial charge on any atom is -0.458 e. The Balaban J connectivity index is 1.27. The fraction of sp³-hybridized carbons (Fsp3) is 0.806. The highest BCUT2D eigenvalue weighted by atomic mass is 16.7. The zero-order chi connectivity index (χ0) is 29.0. The number of carbonyl (C=O) groups is 1. The molecule has 1 aromatic carbocycles. The molecule has 0 radical (unpaired) electrons. The van der Waals surface area contributed by atoms with Crippen LogP contribution in [0.25, 0.3) is 0 Å². The van der Waals surface area contributed by atoms with Crippen LogP contribution in [0.15, 0.2) is 30.3 Å². The van der Waals surface area contributed by atoms with Gasteiger partial charge in [-0.1, -0.05) is 52.8 Å². The highest BCUT2D eigenvalue weighted by Gasteiger charge is 2.65. The van der Waals surface area contributed by atoms with Gasteiger partial charge in [-0.05, 0) is 110 Å². The summed E-state index contributed by atoms with van der Waals surface area (Å²) in [7, 11) is 0. The number of rotatable bonds is 7. The Kier molecular flexibility index (Phi) is 8.13. The van der Waals surface area contributed by atoms with Gasteiger partial charge in [0, 0.05) is 18.8 Å². The summed E-state index contributed by atoms with van der Waals surface area (Å²) < 4.78 is 19.1. The molecular formula is C36H54O5. The monoisotopic (exact) mass is 566 g/mol. The molecule has 5 heteroatoms. The molecule has 4 aliphatic carbocycles. The summed E-state index contributed by atoms with van der Waals surface area (Å²) in [5.74, 6) is 2.95. The summed E-state index contributed by atoms with van der Waals surface area (Å²) in [5, 5.41) is 10.5. The minimum atomic E-state index is -0.428. The number of aliphatic hydroxyl groups excluding tert-OH is 1. The second-order valence-electron chi connectivity index (χ2n) is 15.4. The molecule has 1 saturated heterocycles. The highest BCUT2D eigenvalue weighted by molar-refractivity contribution is 5.89. The van der Waals surface area contributed by atoms with Gasteiger partial charge in [-0.2, -0.15) is 0 Å². The molecule has 8 unspecified atom stereocenters. The SMILES string of the molecule is CC(C)C(O)CCC(C)C1CCC2C3C(CCC12C)C1(C)CCC2(C[C@@H]1C[C@H]3OC(=O)c1ccccc1)OCCO2. The van der Waals surface area contributed by atoms with Gasteiger partial charge in [0.05, 0.1) is 24.9 Å². The predicted molar refractivity (Wildman–Crippen MR) is 160 cm³/mol. The number of ether oxygens (including phenoxy) is 3. The third-order valence-corrected chi connectivity index (χ3v) is 13.2. The molecule has 5 nitrogen and oxygen atoms in total. The van der Waals surface area contributed by atoms with E-state index in [0.717, 1.165) is 38.5 Å². The van der Waals surface area contributed by atoms with E-state index in [2.05, 4.69) is 34.6 Å². The summed E-state index contributed by atoms with van der Waals surface area (Å²) in [6.07, 6.45) is 10.6. The first-order valence-corrected chi connectivity index (χ1v) is 16.8. The summed E-state index contributed by atoms with van der Waals surface area (Å²) in [6.45, 7) is 13.2. The number of hydrogen-bond acceptors (Lipinski definition) is 5. The largest absolute Gasteiger partial charge is 0.458 e. The van der Waals surface area contributed by atoms with Crippen LogP contribution >= 0.6 is 0 Å². The summed E-state index contributed by atoms with van der Waals surface area (Å²) in [5.41, 5.74) is 1.14. The normalized spacial score (nSPS) is 41.0. The van der Waals surface area contributed by atoms with Crippen LogP contribution < -0.4 is 0 Å². The molecule has 1 aromatic rings. The van der Waals surface area contributed by atoms with Crippen LogP contribution in [0.1, 0.15) is 109 Å². The molecule has 4 saturated carbocycles. The summed E-state index contributed by atoms with van der Waals surface area (Å²) in [6, 6.07) is 9.56. The maximum absolute atomic E-state index is 13.5. The molecule has 0 amide bonds. The number of fused-ring (bicyclic) bond motifs is 5. The number of hydrogen-bond donors (Lipinski definition) is 1. The lowest BCUT2D eigenvalue weighted by Gasteiger charge is -2.63. The number of aliphatic hydroxyl groups is 1. The number of benzene rings is 1. The molecule has 6 rings (SSSR count). The van der Waals surface area contributed by atoms with Gasteiger partial charge in [0.2, 0.25) is 0 Å². The first-order chi connectivity index (χ1) is 19.6. The second kappa shape index (κ2) is 11.2. The van der Waals surface area contributed by atoms with Crippen molar-refractivity contribution in [2.45, 2.75) is 117 Å². The number of carbonyl (C=O) groups excluding carboxylic acids is 1. The van der Waals surface area contributed by atoms with Crippen molar-refractivity contribution in [3.05, 3.63) is 35.9 Å². The zero-order valence-corrected chi connectivity index (χ0v) is 26.1. The van der Waals surface area contributed by atoms with Crippen LogP contribution in [0.4, 0.5) is 0 Å². The van der Waals surface area contributed by atoms with Crippen molar-refractivity contribution in [3.8, 4) is 0 Å². The van der Waals surface area contributed by atoms with E-state index in [1.54, 1.807) is 0 Å². The summed E-state index contributed by atoms with van der Waals surface area (Å²) >= 11 is 0. The van der Waals surface area contributed by atoms with Crippen molar-refractivity contribution >= 4 is 5.97 Å². The van der Waals surface area contributed by atoms with Gasteiger partial charge in [0.25, 0.3) is 0 Å². The van der Waals surface area contributed by atoms with Crippen LogP contribution in [0.5, 0.6) is 0 Å². The third-order valence-electron chi connectivity index (χ3n) is 13.2. The fourth-order valence-electron chi connectivity index (χ4n) is 10.7. The van der Waals surface area contributed by atoms with Crippen molar-refractivity contribution in [1.82, 2.24) is 0 Å². The highest BCUT2D eigenvalue weighted by Crippen LogP contribution is 2.69. The van der Waals surface area contributed by atoms with Crippen molar-refractivity contribution < 1.29 is 24.1 Å². The Morgan fingerprint density at radius 2 is 1.66 bits per heavy atom. The van der Waals surface area contributed by atoms with E-state index in [-0.39, 0.29) is 29.0 Å². The van der Waals surface area contributed by atoms with Crippen LogP contribution in [-0.4, -0.2) is 42.3 Å². The average molecular weight is 567 g/mol. The van der Waals surface area contributed by atoms with E-state index in [1.165, 1.54) is 25.7 Å². The van der Waals surface area contributed by atoms with Gasteiger partial charge < -0.3 is 19.3 Å². The maximum atomic E-state index is 13.5. The fourth-order valence-corrected chi connectivity index (χ4v) is 10.7. The molecule has 228 valence electrons. The van der Waals surface area contributed by atoms with Gasteiger partial charge in [-0.15, -0.1) is 0 Å². The van der Waals surface area contributed by atoms with Crippen molar-refractivity contribution in [2.75, 3.05) is 13.2 Å². The Morgan fingerprint density at radius 1 is 0.951 bits per heavy atom. The van der Waals surface area contributed by atoms with Crippen molar-refractivity contribution in [1.29, 1.82) is 0 Å². The van der Waals surface area contributed by atoms with Gasteiger partial charge in [0.15, 0.2) is 5.79 Å². The first kappa shape index (κ1) is 29.6. The van der Waals surface area contributed by atoms with E-state index < -0.39 is 5.79 Å². The van der Waals surface area contributed by atoms with Crippen LogP contribution in [0.2, 0.25) is 0 Å². The molecule has 1 heterocycles. The van der Waals surface area contributed by atoms with Gasteiger partial charge in [-0.3, -0.25) is 0 Å². The molecule has 0 aromatic heterocycles. The molecule has 10 atom stereocenters. The first-order valence-electron chi connectivity index (χ1n) is 16.8. The zero-order valence-electron chi connectivity index (χ0n) is 26.1. The Labute approximate surface area is 248 Å². The van der Waals surface area contributed by atoms with Gasteiger partial charge in [0.1, 0.15) is 6.10 Å². The van der Waals surface area contributed by atoms with Crippen LogP contribution in [-0.2, 0) is 14.2 Å². The van der Waals surface area contributed by atoms with E-state index in [4.69, 9.17) is 14.2 Å². The van der Waals surface area contributed by atoms with Crippen molar-refractivity contribution in [2.24, 2.45) is 52.3 Å². The molecule has 41 heavy (non-hydrogen) atoms. The van der Waals surface area contributed by atoms with E-state index >= 15 is 0 Å². The van der Waals surface area contributed by atoms with Crippen LogP contribution in [0.3, 0.4) is 0 Å². The van der Waals surface area contributed by atoms with E-state index in [0.29, 0.717) is 60.2 Å². The molecule has 5 aliphatic rings.